The Bertz CT molecular complexity index is 1310. The number of fused-ring (bicyclic) bond motifs is 1. The van der Waals surface area contributed by atoms with Crippen LogP contribution >= 0.6 is 0 Å². The third kappa shape index (κ3) is 4.41. The van der Waals surface area contributed by atoms with E-state index in [9.17, 15) is 14.0 Å². The summed E-state index contributed by atoms with van der Waals surface area (Å²) in [4.78, 5) is 28.1. The minimum atomic E-state index is -0.411. The van der Waals surface area contributed by atoms with Gasteiger partial charge in [-0.15, -0.1) is 0 Å². The molecule has 3 N–H and O–H groups in total. The lowest BCUT2D eigenvalue weighted by Crippen LogP contribution is -2.47. The summed E-state index contributed by atoms with van der Waals surface area (Å²) in [6, 6.07) is 18.8. The molecule has 2 aliphatic rings. The zero-order chi connectivity index (χ0) is 25.4. The smallest absolute Gasteiger partial charge is 0.250 e. The van der Waals surface area contributed by atoms with Crippen molar-refractivity contribution in [1.29, 1.82) is 0 Å². The summed E-state index contributed by atoms with van der Waals surface area (Å²) in [6.45, 7) is 7.40. The van der Waals surface area contributed by atoms with Gasteiger partial charge in [0.2, 0.25) is 0 Å². The first kappa shape index (κ1) is 23.9. The number of nitrogens with zero attached hydrogens (tertiary/aromatic N) is 2. The number of anilines is 3. The van der Waals surface area contributed by atoms with Crippen LogP contribution in [0.1, 0.15) is 58.2 Å². The average Bonchev–Trinajstić information content (AvgIpc) is 2.88. The summed E-state index contributed by atoms with van der Waals surface area (Å²) in [5, 5.41) is 3.52. The van der Waals surface area contributed by atoms with Crippen LogP contribution in [0.2, 0.25) is 0 Å². The molecule has 5 rings (SSSR count). The third-order valence-electron chi connectivity index (χ3n) is 7.45. The number of primary amides is 1. The van der Waals surface area contributed by atoms with Crippen molar-refractivity contribution in [3.63, 3.8) is 0 Å². The molecule has 6 nitrogen and oxygen atoms in total. The van der Waals surface area contributed by atoms with Gasteiger partial charge in [-0.05, 0) is 59.4 Å². The van der Waals surface area contributed by atoms with Gasteiger partial charge in [-0.2, -0.15) is 0 Å². The maximum atomic E-state index is 14.1. The lowest BCUT2D eigenvalue weighted by molar-refractivity contribution is 0.1000. The van der Waals surface area contributed by atoms with E-state index in [4.69, 9.17) is 5.73 Å². The first-order valence-electron chi connectivity index (χ1n) is 12.3. The normalized spacial score (nSPS) is 18.8. The number of carbonyl (C=O) groups is 2. The number of piperazine rings is 1. The van der Waals surface area contributed by atoms with Crippen molar-refractivity contribution in [3.8, 4) is 0 Å². The van der Waals surface area contributed by atoms with Crippen molar-refractivity contribution < 1.29 is 14.0 Å². The number of aldehydes is 1. The van der Waals surface area contributed by atoms with Gasteiger partial charge in [-0.25, -0.2) is 4.39 Å². The summed E-state index contributed by atoms with van der Waals surface area (Å²) < 4.78 is 14.1. The summed E-state index contributed by atoms with van der Waals surface area (Å²) in [6.07, 6.45) is 1.50. The van der Waals surface area contributed by atoms with E-state index < -0.39 is 5.91 Å². The molecule has 1 atom stereocenters. The molecule has 0 bridgehead atoms. The Hall–Kier alpha value is -3.87. The summed E-state index contributed by atoms with van der Waals surface area (Å²) in [5.74, 6) is -0.797. The van der Waals surface area contributed by atoms with E-state index in [-0.39, 0.29) is 17.3 Å². The third-order valence-corrected chi connectivity index (χ3v) is 7.45. The van der Waals surface area contributed by atoms with E-state index >= 15 is 0 Å². The van der Waals surface area contributed by atoms with Gasteiger partial charge >= 0.3 is 0 Å². The molecule has 1 fully saturated rings. The van der Waals surface area contributed by atoms with E-state index in [1.165, 1.54) is 12.1 Å². The van der Waals surface area contributed by atoms with Crippen molar-refractivity contribution in [2.45, 2.75) is 31.7 Å². The summed E-state index contributed by atoms with van der Waals surface area (Å²) in [5.41, 5.74) is 10.9. The number of nitrogens with two attached hydrogens (primary N) is 1. The largest absolute Gasteiger partial charge is 0.377 e. The van der Waals surface area contributed by atoms with E-state index in [0.29, 0.717) is 11.1 Å². The number of rotatable bonds is 5. The number of hydrogen-bond donors (Lipinski definition) is 2. The second-order valence-corrected chi connectivity index (χ2v) is 10.3. The summed E-state index contributed by atoms with van der Waals surface area (Å²) in [7, 11) is 0. The molecule has 0 aromatic heterocycles. The number of amides is 1. The Labute approximate surface area is 210 Å². The molecule has 0 radical (unpaired) electrons. The van der Waals surface area contributed by atoms with E-state index in [1.807, 2.05) is 18.2 Å². The number of benzene rings is 3. The molecule has 186 valence electrons. The molecule has 0 aliphatic carbocycles. The molecule has 2 aliphatic heterocycles. The highest BCUT2D eigenvalue weighted by molar-refractivity contribution is 5.98. The molecule has 1 unspecified atom stereocenters. The van der Waals surface area contributed by atoms with Gasteiger partial charge in [-0.1, -0.05) is 38.1 Å². The molecule has 3 aromatic rings. The quantitative estimate of drug-likeness (QED) is 0.502. The lowest BCUT2D eigenvalue weighted by Gasteiger charge is -2.40. The Morgan fingerprint density at radius 3 is 2.47 bits per heavy atom. The van der Waals surface area contributed by atoms with Gasteiger partial charge in [0.25, 0.3) is 5.91 Å². The van der Waals surface area contributed by atoms with Crippen molar-refractivity contribution in [3.05, 3.63) is 88.7 Å². The van der Waals surface area contributed by atoms with Crippen LogP contribution in [-0.2, 0) is 5.41 Å². The fourth-order valence-electron chi connectivity index (χ4n) is 5.56. The van der Waals surface area contributed by atoms with Gasteiger partial charge in [0.1, 0.15) is 5.82 Å². The Balaban J connectivity index is 1.35. The van der Waals surface area contributed by atoms with Crippen molar-refractivity contribution in [2.75, 3.05) is 41.3 Å². The van der Waals surface area contributed by atoms with E-state index in [0.717, 1.165) is 67.1 Å². The van der Waals surface area contributed by atoms with Gasteiger partial charge in [0, 0.05) is 48.8 Å². The predicted molar refractivity (Wildman–Crippen MR) is 142 cm³/mol. The lowest BCUT2D eigenvalue weighted by atomic mass is 9.73. The highest BCUT2D eigenvalue weighted by Gasteiger charge is 2.35. The fourth-order valence-corrected chi connectivity index (χ4v) is 5.56. The van der Waals surface area contributed by atoms with Crippen LogP contribution in [0.5, 0.6) is 0 Å². The van der Waals surface area contributed by atoms with Crippen LogP contribution in [0.4, 0.5) is 21.5 Å². The van der Waals surface area contributed by atoms with Crippen LogP contribution in [0.3, 0.4) is 0 Å². The van der Waals surface area contributed by atoms with Crippen LogP contribution in [0.25, 0.3) is 0 Å². The first-order chi connectivity index (χ1) is 17.3. The number of para-hydroxylation sites is 1. The zero-order valence-corrected chi connectivity index (χ0v) is 20.6. The highest BCUT2D eigenvalue weighted by Crippen LogP contribution is 2.45. The maximum Gasteiger partial charge on any atom is 0.250 e. The Morgan fingerprint density at radius 1 is 1.03 bits per heavy atom. The maximum absolute atomic E-state index is 14.1. The van der Waals surface area contributed by atoms with Crippen molar-refractivity contribution >= 4 is 29.3 Å². The molecule has 7 heteroatoms. The molecular formula is C29H31FN4O2. The van der Waals surface area contributed by atoms with Crippen LogP contribution in [0.15, 0.2) is 60.7 Å². The number of carbonyl (C=O) groups excluding carboxylic acids is 2. The van der Waals surface area contributed by atoms with Crippen molar-refractivity contribution in [1.82, 2.24) is 0 Å². The molecule has 36 heavy (non-hydrogen) atoms. The minimum Gasteiger partial charge on any atom is -0.377 e. The monoisotopic (exact) mass is 486 g/mol. The molecule has 3 aromatic carbocycles. The van der Waals surface area contributed by atoms with Gasteiger partial charge in [-0.3, -0.25) is 9.59 Å². The average molecular weight is 487 g/mol. The topological polar surface area (TPSA) is 78.7 Å². The molecule has 1 amide bonds. The summed E-state index contributed by atoms with van der Waals surface area (Å²) >= 11 is 0. The first-order valence-corrected chi connectivity index (χ1v) is 12.3. The zero-order valence-electron chi connectivity index (χ0n) is 20.6. The SMILES string of the molecule is CC1(C)CC(c2cccc(N3CCN(c4ccccc4C(N)=O)CC3)c2)Nc2c(C=O)cc(F)cc21. The highest BCUT2D eigenvalue weighted by atomic mass is 19.1. The Morgan fingerprint density at radius 2 is 1.75 bits per heavy atom. The fraction of sp³-hybridized carbons (Fsp3) is 0.310. The van der Waals surface area contributed by atoms with E-state index in [1.54, 1.807) is 6.07 Å². The van der Waals surface area contributed by atoms with E-state index in [2.05, 4.69) is 53.2 Å². The minimum absolute atomic E-state index is 0.000318. The van der Waals surface area contributed by atoms with Gasteiger partial charge < -0.3 is 20.9 Å². The van der Waals surface area contributed by atoms with Crippen LogP contribution in [0, 0.1) is 5.82 Å². The number of hydrogen-bond acceptors (Lipinski definition) is 5. The number of nitrogens with one attached hydrogen (secondary N) is 1. The molecule has 2 heterocycles. The second-order valence-electron chi connectivity index (χ2n) is 10.3. The van der Waals surface area contributed by atoms with Crippen molar-refractivity contribution in [2.24, 2.45) is 5.73 Å². The number of halogens is 1. The standard InChI is InChI=1S/C29H31FN4O2/c1-29(2)17-25(32-27-20(18-35)14-21(30)16-24(27)29)19-6-5-7-22(15-19)33-10-12-34(13-11-33)26-9-4-3-8-23(26)28(31)36/h3-9,14-16,18,25,32H,10-13,17H2,1-2H3,(H2,31,36). The molecule has 0 spiro atoms. The Kier molecular flexibility index (Phi) is 6.16. The molecule has 0 saturated carbocycles. The molecule has 1 saturated heterocycles. The van der Waals surface area contributed by atoms with Gasteiger partial charge in [0.05, 0.1) is 11.6 Å². The van der Waals surface area contributed by atoms with Crippen LogP contribution < -0.4 is 20.9 Å². The second kappa shape index (κ2) is 9.30. The van der Waals surface area contributed by atoms with Gasteiger partial charge in [0.15, 0.2) is 6.29 Å². The predicted octanol–water partition coefficient (Wildman–Crippen LogP) is 4.90. The van der Waals surface area contributed by atoms with Crippen LogP contribution in [-0.4, -0.2) is 38.4 Å². The molecular weight excluding hydrogens is 455 g/mol.